The topological polar surface area (TPSA) is 105 Å². The van der Waals surface area contributed by atoms with Crippen LogP contribution in [0, 0.1) is 6.92 Å². The molecule has 0 saturated carbocycles. The van der Waals surface area contributed by atoms with E-state index in [-0.39, 0.29) is 0 Å². The molecule has 0 aliphatic carbocycles. The Morgan fingerprint density at radius 2 is 2.29 bits per heavy atom. The predicted octanol–water partition coefficient (Wildman–Crippen LogP) is -0.739. The first-order valence-electron chi connectivity index (χ1n) is 4.20. The van der Waals surface area contributed by atoms with Crippen molar-refractivity contribution >= 4 is 6.21 Å². The molecule has 6 nitrogen and oxygen atoms in total. The van der Waals surface area contributed by atoms with Crippen molar-refractivity contribution in [2.75, 3.05) is 0 Å². The van der Waals surface area contributed by atoms with Crippen molar-refractivity contribution in [3.05, 3.63) is 29.5 Å². The zero-order valence-corrected chi connectivity index (χ0v) is 7.78. The average Bonchev–Trinajstić information content (AvgIpc) is 2.52. The molecule has 6 heteroatoms. The maximum atomic E-state index is 6.02. The first kappa shape index (κ1) is 8.76. The molecule has 0 aromatic carbocycles. The van der Waals surface area contributed by atoms with Gasteiger partial charge in [-0.3, -0.25) is 15.8 Å². The van der Waals surface area contributed by atoms with Crippen LogP contribution in [0.1, 0.15) is 11.4 Å². The Morgan fingerprint density at radius 3 is 2.86 bits per heavy atom. The second kappa shape index (κ2) is 2.85. The van der Waals surface area contributed by atoms with Gasteiger partial charge in [-0.05, 0) is 13.0 Å². The van der Waals surface area contributed by atoms with Crippen LogP contribution in [-0.2, 0) is 5.66 Å². The zero-order valence-electron chi connectivity index (χ0n) is 7.78. The molecule has 2 rings (SSSR count). The smallest absolute Gasteiger partial charge is 0.169 e. The summed E-state index contributed by atoms with van der Waals surface area (Å²) in [4.78, 5) is 3.94. The van der Waals surface area contributed by atoms with Gasteiger partial charge in [0.25, 0.3) is 0 Å². The highest BCUT2D eigenvalue weighted by Gasteiger charge is 2.29. The van der Waals surface area contributed by atoms with Gasteiger partial charge in [0, 0.05) is 5.69 Å². The van der Waals surface area contributed by atoms with Gasteiger partial charge in [-0.15, -0.1) is 0 Å². The number of aromatic nitrogens is 2. The largest absolute Gasteiger partial charge is 0.384 e. The second-order valence-electron chi connectivity index (χ2n) is 3.29. The number of aryl methyl sites for hydroxylation is 1. The third-order valence-corrected chi connectivity index (χ3v) is 1.97. The summed E-state index contributed by atoms with van der Waals surface area (Å²) in [6.07, 6.45) is 3.07. The van der Waals surface area contributed by atoms with Crippen molar-refractivity contribution in [3.63, 3.8) is 0 Å². The summed E-state index contributed by atoms with van der Waals surface area (Å²) >= 11 is 0. The molecule has 1 aliphatic heterocycles. The summed E-state index contributed by atoms with van der Waals surface area (Å²) in [5, 5.41) is 9.78. The lowest BCUT2D eigenvalue weighted by atomic mass is 10.1. The maximum absolute atomic E-state index is 6.02. The van der Waals surface area contributed by atoms with E-state index in [1.54, 1.807) is 6.21 Å². The molecule has 0 fully saturated rings. The minimum absolute atomic E-state index is 0.427. The predicted molar refractivity (Wildman–Crippen MR) is 53.1 cm³/mol. The Balaban J connectivity index is 2.34. The summed E-state index contributed by atoms with van der Waals surface area (Å²) in [5.41, 5.74) is 12.3. The molecule has 0 amide bonds. The first-order valence-corrected chi connectivity index (χ1v) is 4.20. The van der Waals surface area contributed by atoms with Gasteiger partial charge in [0.2, 0.25) is 0 Å². The Bertz CT molecular complexity index is 404. The van der Waals surface area contributed by atoms with Crippen molar-refractivity contribution in [3.8, 4) is 0 Å². The molecule has 1 atom stereocenters. The van der Waals surface area contributed by atoms with Crippen LogP contribution in [-0.4, -0.2) is 16.4 Å². The highest BCUT2D eigenvalue weighted by atomic mass is 15.2. The van der Waals surface area contributed by atoms with Gasteiger partial charge < -0.3 is 11.1 Å². The highest BCUT2D eigenvalue weighted by molar-refractivity contribution is 5.73. The van der Waals surface area contributed by atoms with Crippen molar-refractivity contribution < 1.29 is 0 Å². The first-order chi connectivity index (χ1) is 6.60. The van der Waals surface area contributed by atoms with Crippen LogP contribution in [0.2, 0.25) is 0 Å². The Morgan fingerprint density at radius 1 is 1.50 bits per heavy atom. The Hall–Kier alpha value is -1.82. The van der Waals surface area contributed by atoms with Crippen molar-refractivity contribution in [2.45, 2.75) is 12.6 Å². The van der Waals surface area contributed by atoms with E-state index in [0.29, 0.717) is 11.5 Å². The molecule has 0 radical (unpaired) electrons. The summed E-state index contributed by atoms with van der Waals surface area (Å²) in [6, 6.07) is 1.84. The fourth-order valence-corrected chi connectivity index (χ4v) is 1.30. The Kier molecular flexibility index (Phi) is 1.78. The van der Waals surface area contributed by atoms with E-state index in [0.717, 1.165) is 5.69 Å². The van der Waals surface area contributed by atoms with Crippen LogP contribution in [0.25, 0.3) is 0 Å². The number of hydrogen-bond donors (Lipinski definition) is 4. The van der Waals surface area contributed by atoms with Crippen LogP contribution < -0.4 is 16.8 Å². The van der Waals surface area contributed by atoms with Gasteiger partial charge in [-0.25, -0.2) is 0 Å². The molecule has 2 heterocycles. The summed E-state index contributed by atoms with van der Waals surface area (Å²) in [7, 11) is 0. The van der Waals surface area contributed by atoms with Crippen LogP contribution in [0.15, 0.2) is 23.1 Å². The van der Waals surface area contributed by atoms with E-state index >= 15 is 0 Å². The average molecular weight is 192 g/mol. The zero-order chi connectivity index (χ0) is 10.2. The van der Waals surface area contributed by atoms with E-state index in [2.05, 4.69) is 20.5 Å². The lowest BCUT2D eigenvalue weighted by Crippen LogP contribution is -2.54. The van der Waals surface area contributed by atoms with Crippen molar-refractivity contribution in [1.82, 2.24) is 15.5 Å². The van der Waals surface area contributed by atoms with Crippen molar-refractivity contribution in [1.29, 1.82) is 0 Å². The molecule has 1 aliphatic rings. The number of aromatic amines is 1. The van der Waals surface area contributed by atoms with Crippen LogP contribution in [0.5, 0.6) is 0 Å². The highest BCUT2D eigenvalue weighted by Crippen LogP contribution is 2.14. The number of nitrogens with one attached hydrogen (secondary N) is 2. The molecule has 1 aromatic rings. The van der Waals surface area contributed by atoms with Gasteiger partial charge in [-0.2, -0.15) is 5.10 Å². The normalized spacial score (nSPS) is 25.7. The van der Waals surface area contributed by atoms with E-state index in [9.17, 15) is 0 Å². The minimum Gasteiger partial charge on any atom is -0.384 e. The van der Waals surface area contributed by atoms with Crippen LogP contribution >= 0.6 is 0 Å². The molecule has 74 valence electrons. The standard InChI is InChI=1S/C8H12N6/c1-5-2-6(14-13-5)8(10)4-11-3-7(9)12-8/h2-4,12H,9-10H2,1H3,(H,13,14). The van der Waals surface area contributed by atoms with E-state index in [4.69, 9.17) is 11.5 Å². The molecule has 0 saturated heterocycles. The number of rotatable bonds is 1. The summed E-state index contributed by atoms with van der Waals surface area (Å²) in [6.45, 7) is 1.90. The minimum atomic E-state index is -0.913. The molecular formula is C8H12N6. The van der Waals surface area contributed by atoms with Gasteiger partial charge in [0.1, 0.15) is 11.5 Å². The van der Waals surface area contributed by atoms with E-state index < -0.39 is 5.66 Å². The van der Waals surface area contributed by atoms with Crippen LogP contribution in [0.4, 0.5) is 0 Å². The fourth-order valence-electron chi connectivity index (χ4n) is 1.30. The van der Waals surface area contributed by atoms with E-state index in [1.807, 2.05) is 13.0 Å². The number of hydrogen-bond acceptors (Lipinski definition) is 5. The number of nitrogens with two attached hydrogens (primary N) is 2. The number of aliphatic imine (C=N–C) groups is 1. The lowest BCUT2D eigenvalue weighted by Gasteiger charge is -2.27. The molecule has 0 bridgehead atoms. The summed E-state index contributed by atoms with van der Waals surface area (Å²) < 4.78 is 0. The molecule has 1 aromatic heterocycles. The number of nitrogens with zero attached hydrogens (tertiary/aromatic N) is 2. The van der Waals surface area contributed by atoms with Gasteiger partial charge in [0.15, 0.2) is 5.66 Å². The molecular weight excluding hydrogens is 180 g/mol. The molecule has 0 spiro atoms. The quantitative estimate of drug-likeness (QED) is 0.470. The monoisotopic (exact) mass is 192 g/mol. The fraction of sp³-hybridized carbons (Fsp3) is 0.250. The summed E-state index contributed by atoms with van der Waals surface area (Å²) in [5.74, 6) is 0.427. The third kappa shape index (κ3) is 1.35. The lowest BCUT2D eigenvalue weighted by molar-refractivity contribution is 0.500. The number of H-pyrrole nitrogens is 1. The molecule has 6 N–H and O–H groups in total. The SMILES string of the molecule is Cc1cc(C2(N)C=NC=C(N)N2)n[nH]1. The van der Waals surface area contributed by atoms with Gasteiger partial charge in [0.05, 0.1) is 12.4 Å². The molecule has 1 unspecified atom stereocenters. The van der Waals surface area contributed by atoms with Crippen molar-refractivity contribution in [2.24, 2.45) is 16.5 Å². The second-order valence-corrected chi connectivity index (χ2v) is 3.29. The van der Waals surface area contributed by atoms with Crippen LogP contribution in [0.3, 0.4) is 0 Å². The Labute approximate surface area is 81.1 Å². The molecule has 14 heavy (non-hydrogen) atoms. The maximum Gasteiger partial charge on any atom is 0.169 e. The van der Waals surface area contributed by atoms with E-state index in [1.165, 1.54) is 6.20 Å². The third-order valence-electron chi connectivity index (χ3n) is 1.97. The van der Waals surface area contributed by atoms with Gasteiger partial charge >= 0.3 is 0 Å². The van der Waals surface area contributed by atoms with Gasteiger partial charge in [-0.1, -0.05) is 0 Å².